The van der Waals surface area contributed by atoms with Crippen LogP contribution in [0, 0.1) is 0 Å². The lowest BCUT2D eigenvalue weighted by Crippen LogP contribution is -2.14. The number of aromatic nitrogens is 1. The van der Waals surface area contributed by atoms with Crippen LogP contribution >= 0.6 is 11.6 Å². The van der Waals surface area contributed by atoms with Gasteiger partial charge < -0.3 is 10.2 Å². The first-order valence-electron chi connectivity index (χ1n) is 5.77. The minimum Gasteiger partial charge on any atom is -0.378 e. The van der Waals surface area contributed by atoms with Gasteiger partial charge in [0.15, 0.2) is 0 Å². The number of carbonyl (C=O) groups excluding carboxylic acids is 1. The highest BCUT2D eigenvalue weighted by molar-refractivity contribution is 6.29. The zero-order valence-corrected chi connectivity index (χ0v) is 11.5. The molecular weight excluding hydrogens is 262 g/mol. The maximum atomic E-state index is 12.1. The van der Waals surface area contributed by atoms with Crippen LogP contribution in [0.5, 0.6) is 0 Å². The van der Waals surface area contributed by atoms with Crippen LogP contribution in [0.1, 0.15) is 10.4 Å². The summed E-state index contributed by atoms with van der Waals surface area (Å²) < 4.78 is 0. The Morgan fingerprint density at radius 1 is 1.21 bits per heavy atom. The lowest BCUT2D eigenvalue weighted by atomic mass is 10.2. The first-order valence-corrected chi connectivity index (χ1v) is 6.15. The van der Waals surface area contributed by atoms with Gasteiger partial charge in [-0.3, -0.25) is 4.79 Å². The van der Waals surface area contributed by atoms with E-state index in [2.05, 4.69) is 10.3 Å². The van der Waals surface area contributed by atoms with E-state index in [9.17, 15) is 4.79 Å². The van der Waals surface area contributed by atoms with Gasteiger partial charge in [0, 0.05) is 25.3 Å². The second-order valence-electron chi connectivity index (χ2n) is 4.24. The molecule has 0 radical (unpaired) electrons. The summed E-state index contributed by atoms with van der Waals surface area (Å²) in [7, 11) is 3.85. The van der Waals surface area contributed by atoms with Gasteiger partial charge >= 0.3 is 0 Å². The first kappa shape index (κ1) is 13.4. The van der Waals surface area contributed by atoms with Crippen LogP contribution in [0.15, 0.2) is 42.5 Å². The lowest BCUT2D eigenvalue weighted by molar-refractivity contribution is 0.102. The smallest absolute Gasteiger partial charge is 0.256 e. The maximum Gasteiger partial charge on any atom is 0.256 e. The molecule has 0 unspecified atom stereocenters. The molecule has 2 aromatic rings. The van der Waals surface area contributed by atoms with Gasteiger partial charge in [0.05, 0.1) is 0 Å². The summed E-state index contributed by atoms with van der Waals surface area (Å²) in [5, 5.41) is 3.06. The van der Waals surface area contributed by atoms with E-state index in [0.717, 1.165) is 5.69 Å². The monoisotopic (exact) mass is 275 g/mol. The zero-order chi connectivity index (χ0) is 13.8. The summed E-state index contributed by atoms with van der Waals surface area (Å²) in [6, 6.07) is 12.4. The summed E-state index contributed by atoms with van der Waals surface area (Å²) in [4.78, 5) is 18.0. The van der Waals surface area contributed by atoms with Crippen LogP contribution in [-0.2, 0) is 0 Å². The fourth-order valence-electron chi connectivity index (χ4n) is 1.59. The number of amides is 1. The van der Waals surface area contributed by atoms with Crippen molar-refractivity contribution in [2.75, 3.05) is 24.3 Å². The standard InChI is InChI=1S/C14H14ClN3O/c1-18(2)11-6-3-5-10(9-11)14(19)17-13-8-4-7-12(15)16-13/h3-9H,1-2H3,(H,16,17,19). The molecule has 2 rings (SSSR count). The van der Waals surface area contributed by atoms with Gasteiger partial charge in [-0.05, 0) is 30.3 Å². The zero-order valence-electron chi connectivity index (χ0n) is 10.7. The van der Waals surface area contributed by atoms with Crippen molar-refractivity contribution in [3.8, 4) is 0 Å². The van der Waals surface area contributed by atoms with Crippen LogP contribution in [0.3, 0.4) is 0 Å². The third-order valence-electron chi connectivity index (χ3n) is 2.58. The summed E-state index contributed by atoms with van der Waals surface area (Å²) in [6.07, 6.45) is 0. The number of nitrogens with zero attached hydrogens (tertiary/aromatic N) is 2. The number of pyridine rings is 1. The fraction of sp³-hybridized carbons (Fsp3) is 0.143. The SMILES string of the molecule is CN(C)c1cccc(C(=O)Nc2cccc(Cl)n2)c1. The average molecular weight is 276 g/mol. The van der Waals surface area contributed by atoms with E-state index in [1.54, 1.807) is 24.3 Å². The van der Waals surface area contributed by atoms with Crippen molar-refractivity contribution in [2.24, 2.45) is 0 Å². The van der Waals surface area contributed by atoms with E-state index < -0.39 is 0 Å². The molecule has 1 amide bonds. The van der Waals surface area contributed by atoms with Gasteiger partial charge in [-0.25, -0.2) is 4.98 Å². The molecule has 0 aliphatic carbocycles. The molecule has 0 saturated carbocycles. The number of nitrogens with one attached hydrogen (secondary N) is 1. The Kier molecular flexibility index (Phi) is 4.02. The molecule has 1 heterocycles. The highest BCUT2D eigenvalue weighted by atomic mass is 35.5. The molecule has 0 fully saturated rings. The Balaban J connectivity index is 2.18. The van der Waals surface area contributed by atoms with Crippen molar-refractivity contribution in [1.82, 2.24) is 4.98 Å². The molecule has 5 heteroatoms. The third kappa shape index (κ3) is 3.45. The molecule has 1 aromatic heterocycles. The van der Waals surface area contributed by atoms with E-state index in [1.807, 2.05) is 37.2 Å². The molecule has 0 spiro atoms. The molecular formula is C14H14ClN3O. The molecule has 0 aliphatic rings. The van der Waals surface area contributed by atoms with Gasteiger partial charge in [0.1, 0.15) is 11.0 Å². The number of rotatable bonds is 3. The van der Waals surface area contributed by atoms with Crippen molar-refractivity contribution in [2.45, 2.75) is 0 Å². The summed E-state index contributed by atoms with van der Waals surface area (Å²) >= 11 is 5.77. The van der Waals surface area contributed by atoms with E-state index in [1.165, 1.54) is 0 Å². The van der Waals surface area contributed by atoms with Gasteiger partial charge in [-0.15, -0.1) is 0 Å². The number of hydrogen-bond acceptors (Lipinski definition) is 3. The summed E-state index contributed by atoms with van der Waals surface area (Å²) in [6.45, 7) is 0. The van der Waals surface area contributed by atoms with Crippen molar-refractivity contribution in [1.29, 1.82) is 0 Å². The largest absolute Gasteiger partial charge is 0.378 e. The van der Waals surface area contributed by atoms with Crippen LogP contribution in [0.4, 0.5) is 11.5 Å². The number of carbonyl (C=O) groups is 1. The molecule has 0 bridgehead atoms. The Morgan fingerprint density at radius 2 is 1.95 bits per heavy atom. The summed E-state index contributed by atoms with van der Waals surface area (Å²) in [5.41, 5.74) is 1.54. The summed E-state index contributed by atoms with van der Waals surface area (Å²) in [5.74, 6) is 0.228. The Bertz CT molecular complexity index is 599. The van der Waals surface area contributed by atoms with Crippen LogP contribution < -0.4 is 10.2 Å². The van der Waals surface area contributed by atoms with Crippen LogP contribution in [0.25, 0.3) is 0 Å². The molecule has 1 N–H and O–H groups in total. The quantitative estimate of drug-likeness (QED) is 0.876. The molecule has 0 aliphatic heterocycles. The minimum absolute atomic E-state index is 0.210. The molecule has 0 saturated heterocycles. The van der Waals surface area contributed by atoms with Crippen LogP contribution in [0.2, 0.25) is 5.15 Å². The Labute approximate surface area is 117 Å². The number of hydrogen-bond donors (Lipinski definition) is 1. The maximum absolute atomic E-state index is 12.1. The second-order valence-corrected chi connectivity index (χ2v) is 4.63. The van der Waals surface area contributed by atoms with Crippen molar-refractivity contribution >= 4 is 29.0 Å². The number of anilines is 2. The highest BCUT2D eigenvalue weighted by Crippen LogP contribution is 2.15. The normalized spacial score (nSPS) is 10.1. The Morgan fingerprint density at radius 3 is 2.63 bits per heavy atom. The van der Waals surface area contributed by atoms with Gasteiger partial charge in [-0.2, -0.15) is 0 Å². The second kappa shape index (κ2) is 5.71. The lowest BCUT2D eigenvalue weighted by Gasteiger charge is -2.13. The van der Waals surface area contributed by atoms with E-state index in [-0.39, 0.29) is 5.91 Å². The van der Waals surface area contributed by atoms with Gasteiger partial charge in [0.25, 0.3) is 5.91 Å². The number of benzene rings is 1. The predicted octanol–water partition coefficient (Wildman–Crippen LogP) is 3.05. The highest BCUT2D eigenvalue weighted by Gasteiger charge is 2.08. The molecule has 98 valence electrons. The minimum atomic E-state index is -0.210. The third-order valence-corrected chi connectivity index (χ3v) is 2.79. The van der Waals surface area contributed by atoms with Crippen molar-refractivity contribution < 1.29 is 4.79 Å². The van der Waals surface area contributed by atoms with Crippen molar-refractivity contribution in [3.05, 3.63) is 53.2 Å². The topological polar surface area (TPSA) is 45.2 Å². The Hall–Kier alpha value is -2.07. The first-order chi connectivity index (χ1) is 9.06. The fourth-order valence-corrected chi connectivity index (χ4v) is 1.76. The van der Waals surface area contributed by atoms with Crippen LogP contribution in [-0.4, -0.2) is 25.0 Å². The van der Waals surface area contributed by atoms with Crippen molar-refractivity contribution in [3.63, 3.8) is 0 Å². The molecule has 4 nitrogen and oxygen atoms in total. The molecule has 1 aromatic carbocycles. The van der Waals surface area contributed by atoms with E-state index in [0.29, 0.717) is 16.5 Å². The van der Waals surface area contributed by atoms with Gasteiger partial charge in [0.2, 0.25) is 0 Å². The number of halogens is 1. The molecule has 0 atom stereocenters. The molecule has 19 heavy (non-hydrogen) atoms. The average Bonchev–Trinajstić information content (AvgIpc) is 2.39. The van der Waals surface area contributed by atoms with Gasteiger partial charge in [-0.1, -0.05) is 23.7 Å². The van der Waals surface area contributed by atoms with E-state index >= 15 is 0 Å². The van der Waals surface area contributed by atoms with E-state index in [4.69, 9.17) is 11.6 Å². The predicted molar refractivity (Wildman–Crippen MR) is 78.0 cm³/mol.